The molecule has 1 rings (SSSR count). The van der Waals surface area contributed by atoms with Gasteiger partial charge in [-0.1, -0.05) is 90.4 Å². The second-order valence-corrected chi connectivity index (χ2v) is 8.05. The molecule has 0 aromatic heterocycles. The molecule has 0 bridgehead atoms. The van der Waals surface area contributed by atoms with Crippen molar-refractivity contribution in [1.82, 2.24) is 0 Å². The summed E-state index contributed by atoms with van der Waals surface area (Å²) in [6.45, 7) is 4.54. The Hall–Kier alpha value is -0.370. The van der Waals surface area contributed by atoms with Crippen LogP contribution in [0.3, 0.4) is 0 Å². The standard InChI is InChI=1S/C21H43N2/c1-4-5-6-7-8-9-10-11-12-13-14-15-16-17-18-21-22-19-20-23(21,2)3/h4-20H2,1-3H3/q+1. The Balaban J connectivity index is 1.77. The summed E-state index contributed by atoms with van der Waals surface area (Å²) in [5.41, 5.74) is 0. The van der Waals surface area contributed by atoms with Gasteiger partial charge < -0.3 is 0 Å². The summed E-state index contributed by atoms with van der Waals surface area (Å²) in [4.78, 5) is 4.68. The zero-order chi connectivity index (χ0) is 16.8. The summed E-state index contributed by atoms with van der Waals surface area (Å²) < 4.78 is 1.04. The van der Waals surface area contributed by atoms with Gasteiger partial charge in [0.15, 0.2) is 5.84 Å². The van der Waals surface area contributed by atoms with E-state index < -0.39 is 0 Å². The van der Waals surface area contributed by atoms with Crippen LogP contribution in [0.25, 0.3) is 0 Å². The van der Waals surface area contributed by atoms with Crippen molar-refractivity contribution in [2.75, 3.05) is 27.2 Å². The largest absolute Gasteiger partial charge is 0.282 e. The van der Waals surface area contributed by atoms with Crippen molar-refractivity contribution in [3.63, 3.8) is 0 Å². The van der Waals surface area contributed by atoms with Crippen LogP contribution >= 0.6 is 0 Å². The smallest absolute Gasteiger partial charge is 0.197 e. The zero-order valence-electron chi connectivity index (χ0n) is 16.4. The molecule has 0 unspecified atom stereocenters. The molecule has 2 heteroatoms. The molecule has 136 valence electrons. The summed E-state index contributed by atoms with van der Waals surface area (Å²) in [6, 6.07) is 0. The number of nitrogens with zero attached hydrogens (tertiary/aromatic N) is 2. The number of hydrogen-bond donors (Lipinski definition) is 0. The van der Waals surface area contributed by atoms with Crippen molar-refractivity contribution < 1.29 is 4.48 Å². The lowest BCUT2D eigenvalue weighted by molar-refractivity contribution is -0.793. The normalized spacial score (nSPS) is 16.7. The average Bonchev–Trinajstić information content (AvgIpc) is 2.86. The highest BCUT2D eigenvalue weighted by Crippen LogP contribution is 2.16. The fraction of sp³-hybridized carbons (Fsp3) is 0.952. The minimum atomic E-state index is 1.04. The van der Waals surface area contributed by atoms with Gasteiger partial charge in [-0.25, -0.2) is 4.99 Å². The highest BCUT2D eigenvalue weighted by atomic mass is 15.4. The lowest BCUT2D eigenvalue weighted by Crippen LogP contribution is -2.42. The second-order valence-electron chi connectivity index (χ2n) is 8.05. The minimum Gasteiger partial charge on any atom is -0.282 e. The molecule has 23 heavy (non-hydrogen) atoms. The molecule has 1 heterocycles. The predicted molar refractivity (Wildman–Crippen MR) is 104 cm³/mol. The Morgan fingerprint density at radius 3 is 1.52 bits per heavy atom. The van der Waals surface area contributed by atoms with Crippen LogP contribution in [0.4, 0.5) is 0 Å². The van der Waals surface area contributed by atoms with Gasteiger partial charge in [-0.2, -0.15) is 0 Å². The summed E-state index contributed by atoms with van der Waals surface area (Å²) in [5, 5.41) is 0. The fourth-order valence-electron chi connectivity index (χ4n) is 3.61. The monoisotopic (exact) mass is 323 g/mol. The first-order valence-electron chi connectivity index (χ1n) is 10.5. The maximum absolute atomic E-state index is 4.68. The number of likely N-dealkylation sites (N-methyl/N-ethyl adjacent to an activating group) is 1. The number of amidine groups is 1. The van der Waals surface area contributed by atoms with Gasteiger partial charge in [-0.05, 0) is 6.42 Å². The van der Waals surface area contributed by atoms with E-state index in [2.05, 4.69) is 26.0 Å². The fourth-order valence-corrected chi connectivity index (χ4v) is 3.61. The molecule has 0 aromatic rings. The van der Waals surface area contributed by atoms with Gasteiger partial charge in [-0.3, -0.25) is 4.48 Å². The van der Waals surface area contributed by atoms with Crippen LogP contribution in [-0.4, -0.2) is 37.5 Å². The highest BCUT2D eigenvalue weighted by Gasteiger charge is 2.27. The van der Waals surface area contributed by atoms with E-state index in [0.29, 0.717) is 0 Å². The first-order valence-corrected chi connectivity index (χ1v) is 10.5. The first kappa shape index (κ1) is 20.7. The second kappa shape index (κ2) is 13.0. The number of quaternary nitrogens is 1. The van der Waals surface area contributed by atoms with Crippen LogP contribution < -0.4 is 0 Å². The third-order valence-electron chi connectivity index (χ3n) is 5.41. The van der Waals surface area contributed by atoms with E-state index >= 15 is 0 Å². The topological polar surface area (TPSA) is 12.4 Å². The Morgan fingerprint density at radius 2 is 1.13 bits per heavy atom. The van der Waals surface area contributed by atoms with E-state index in [-0.39, 0.29) is 0 Å². The molecule has 1 aliphatic rings. The lowest BCUT2D eigenvalue weighted by atomic mass is 10.0. The highest BCUT2D eigenvalue weighted by molar-refractivity contribution is 5.76. The molecule has 0 N–H and O–H groups in total. The van der Waals surface area contributed by atoms with E-state index in [1.54, 1.807) is 0 Å². The molecule has 0 fully saturated rings. The molecule has 0 amide bonds. The molecule has 0 aliphatic carbocycles. The van der Waals surface area contributed by atoms with E-state index in [0.717, 1.165) is 11.0 Å². The molecule has 0 atom stereocenters. The molecule has 0 saturated heterocycles. The molecule has 0 aromatic carbocycles. The molecule has 0 radical (unpaired) electrons. The Labute approximate surface area is 146 Å². The maximum atomic E-state index is 4.68. The van der Waals surface area contributed by atoms with Crippen LogP contribution in [0.15, 0.2) is 4.99 Å². The Morgan fingerprint density at radius 1 is 0.696 bits per heavy atom. The van der Waals surface area contributed by atoms with Gasteiger partial charge in [-0.15, -0.1) is 0 Å². The molecular weight excluding hydrogens is 280 g/mol. The Kier molecular flexibility index (Phi) is 11.7. The van der Waals surface area contributed by atoms with Crippen LogP contribution in [0.2, 0.25) is 0 Å². The predicted octanol–water partition coefficient (Wildman–Crippen LogP) is 6.35. The van der Waals surface area contributed by atoms with Crippen LogP contribution in [0.1, 0.15) is 103 Å². The first-order chi connectivity index (χ1) is 11.2. The summed E-state index contributed by atoms with van der Waals surface area (Å²) in [7, 11) is 4.60. The van der Waals surface area contributed by atoms with Gasteiger partial charge >= 0.3 is 0 Å². The van der Waals surface area contributed by atoms with E-state index in [4.69, 9.17) is 0 Å². The third-order valence-corrected chi connectivity index (χ3v) is 5.41. The lowest BCUT2D eigenvalue weighted by Gasteiger charge is -2.24. The summed E-state index contributed by atoms with van der Waals surface area (Å²) in [6.07, 6.45) is 21.4. The number of hydrogen-bond acceptors (Lipinski definition) is 1. The Bertz CT molecular complexity index is 307. The van der Waals surface area contributed by atoms with Crippen molar-refractivity contribution in [1.29, 1.82) is 0 Å². The van der Waals surface area contributed by atoms with Crippen LogP contribution in [0.5, 0.6) is 0 Å². The summed E-state index contributed by atoms with van der Waals surface area (Å²) >= 11 is 0. The average molecular weight is 324 g/mol. The van der Waals surface area contributed by atoms with E-state index in [1.807, 2.05) is 0 Å². The van der Waals surface area contributed by atoms with Crippen LogP contribution in [0, 0.1) is 0 Å². The quantitative estimate of drug-likeness (QED) is 0.246. The molecule has 0 spiro atoms. The third kappa shape index (κ3) is 10.2. The maximum Gasteiger partial charge on any atom is 0.197 e. The van der Waals surface area contributed by atoms with Crippen molar-refractivity contribution >= 4 is 5.84 Å². The molecule has 0 saturated carbocycles. The van der Waals surface area contributed by atoms with E-state index in [1.165, 1.54) is 109 Å². The van der Waals surface area contributed by atoms with Crippen molar-refractivity contribution in [3.05, 3.63) is 0 Å². The van der Waals surface area contributed by atoms with Gasteiger partial charge in [0.25, 0.3) is 0 Å². The molecular formula is C21H43N2+. The molecule has 1 aliphatic heterocycles. The zero-order valence-corrected chi connectivity index (χ0v) is 16.4. The SMILES string of the molecule is CCCCCCCCCCCCCCCCC1=NCC[N+]1(C)C. The number of rotatable bonds is 15. The molecule has 2 nitrogen and oxygen atoms in total. The van der Waals surface area contributed by atoms with Gasteiger partial charge in [0.2, 0.25) is 0 Å². The number of aliphatic imine (C=N–C) groups is 1. The van der Waals surface area contributed by atoms with Crippen LogP contribution in [-0.2, 0) is 0 Å². The van der Waals surface area contributed by atoms with Crippen molar-refractivity contribution in [2.45, 2.75) is 103 Å². The van der Waals surface area contributed by atoms with Gasteiger partial charge in [0, 0.05) is 6.42 Å². The summed E-state index contributed by atoms with van der Waals surface area (Å²) in [5.74, 6) is 1.43. The van der Waals surface area contributed by atoms with Crippen molar-refractivity contribution in [3.8, 4) is 0 Å². The van der Waals surface area contributed by atoms with Gasteiger partial charge in [0.05, 0.1) is 20.6 Å². The van der Waals surface area contributed by atoms with Crippen molar-refractivity contribution in [2.24, 2.45) is 4.99 Å². The number of unbranched alkanes of at least 4 members (excludes halogenated alkanes) is 13. The minimum absolute atomic E-state index is 1.04. The van der Waals surface area contributed by atoms with E-state index in [9.17, 15) is 0 Å². The van der Waals surface area contributed by atoms with Gasteiger partial charge in [0.1, 0.15) is 6.54 Å².